The Balaban J connectivity index is 2.12. The third kappa shape index (κ3) is 1.08. The number of rotatable bonds is 1. The van der Waals surface area contributed by atoms with Crippen LogP contribution in [-0.4, -0.2) is 29.5 Å². The Kier molecular flexibility index (Phi) is 1.50. The van der Waals surface area contributed by atoms with Crippen LogP contribution in [0.3, 0.4) is 0 Å². The maximum absolute atomic E-state index is 9.08. The van der Waals surface area contributed by atoms with Gasteiger partial charge in [0, 0.05) is 5.54 Å². The van der Waals surface area contributed by atoms with Gasteiger partial charge in [-0.2, -0.15) is 0 Å². The van der Waals surface area contributed by atoms with E-state index in [-0.39, 0.29) is 17.7 Å². The molecule has 1 saturated carbocycles. The van der Waals surface area contributed by atoms with E-state index in [2.05, 4.69) is 0 Å². The summed E-state index contributed by atoms with van der Waals surface area (Å²) >= 11 is 0. The minimum atomic E-state index is -0.221. The zero-order valence-corrected chi connectivity index (χ0v) is 6.68. The normalized spacial score (nSPS) is 49.6. The van der Waals surface area contributed by atoms with Crippen molar-refractivity contribution in [3.8, 4) is 0 Å². The molecule has 0 unspecified atom stereocenters. The fourth-order valence-corrected chi connectivity index (χ4v) is 1.99. The van der Waals surface area contributed by atoms with Crippen LogP contribution in [0.1, 0.15) is 25.7 Å². The van der Waals surface area contributed by atoms with Gasteiger partial charge < -0.3 is 15.6 Å². The second kappa shape index (κ2) is 2.19. The minimum absolute atomic E-state index is 0.0725. The van der Waals surface area contributed by atoms with Crippen molar-refractivity contribution < 1.29 is 9.84 Å². The Morgan fingerprint density at radius 1 is 1.27 bits per heavy atom. The zero-order chi connectivity index (χ0) is 7.95. The molecule has 0 spiro atoms. The van der Waals surface area contributed by atoms with Crippen LogP contribution in [0, 0.1) is 0 Å². The van der Waals surface area contributed by atoms with E-state index in [1.165, 1.54) is 0 Å². The largest absolute Gasteiger partial charge is 0.393 e. The van der Waals surface area contributed by atoms with Crippen molar-refractivity contribution in [2.75, 3.05) is 13.2 Å². The van der Waals surface area contributed by atoms with Gasteiger partial charge in [-0.05, 0) is 25.7 Å². The molecule has 11 heavy (non-hydrogen) atoms. The Hall–Kier alpha value is -0.120. The number of hydrogen-bond acceptors (Lipinski definition) is 3. The first-order valence-electron chi connectivity index (χ1n) is 4.22. The third-order valence-electron chi connectivity index (χ3n) is 3.11. The molecular weight excluding hydrogens is 142 g/mol. The van der Waals surface area contributed by atoms with Crippen LogP contribution in [0.25, 0.3) is 0 Å². The molecule has 0 aromatic heterocycles. The number of nitrogens with two attached hydrogens (primary N) is 1. The van der Waals surface area contributed by atoms with Crippen LogP contribution in [-0.2, 0) is 4.74 Å². The molecule has 2 saturated heterocycles. The van der Waals surface area contributed by atoms with Crippen molar-refractivity contribution >= 4 is 0 Å². The number of hydrogen-bond donors (Lipinski definition) is 2. The molecule has 3 heteroatoms. The van der Waals surface area contributed by atoms with E-state index in [0.717, 1.165) is 25.7 Å². The van der Waals surface area contributed by atoms with E-state index in [0.29, 0.717) is 6.61 Å². The third-order valence-corrected chi connectivity index (χ3v) is 3.11. The Labute approximate surface area is 66.5 Å². The molecular formula is C8H15NO2. The van der Waals surface area contributed by atoms with Gasteiger partial charge in [0.25, 0.3) is 0 Å². The lowest BCUT2D eigenvalue weighted by molar-refractivity contribution is -0.171. The average molecular weight is 157 g/mol. The quantitative estimate of drug-likeness (QED) is 0.564. The maximum atomic E-state index is 9.08. The van der Waals surface area contributed by atoms with Crippen LogP contribution in [0.2, 0.25) is 0 Å². The van der Waals surface area contributed by atoms with Gasteiger partial charge in [0.15, 0.2) is 0 Å². The fourth-order valence-electron chi connectivity index (χ4n) is 1.99. The summed E-state index contributed by atoms with van der Waals surface area (Å²) in [7, 11) is 0. The monoisotopic (exact) mass is 157 g/mol. The van der Waals surface area contributed by atoms with E-state index < -0.39 is 0 Å². The number of ether oxygens (including phenoxy) is 1. The highest BCUT2D eigenvalue weighted by Gasteiger charge is 2.47. The van der Waals surface area contributed by atoms with Gasteiger partial charge in [0.1, 0.15) is 0 Å². The summed E-state index contributed by atoms with van der Waals surface area (Å²) in [6.07, 6.45) is 3.88. The predicted octanol–water partition coefficient (Wildman–Crippen LogP) is 0.0192. The van der Waals surface area contributed by atoms with E-state index in [1.54, 1.807) is 0 Å². The van der Waals surface area contributed by atoms with Gasteiger partial charge in [0.2, 0.25) is 0 Å². The Morgan fingerprint density at radius 3 is 2.27 bits per heavy atom. The molecule has 3 fully saturated rings. The Bertz CT molecular complexity index is 145. The predicted molar refractivity (Wildman–Crippen MR) is 41.2 cm³/mol. The lowest BCUT2D eigenvalue weighted by Crippen LogP contribution is -2.60. The van der Waals surface area contributed by atoms with Gasteiger partial charge in [0.05, 0.1) is 18.8 Å². The van der Waals surface area contributed by atoms with Crippen molar-refractivity contribution in [1.29, 1.82) is 0 Å². The zero-order valence-electron chi connectivity index (χ0n) is 6.68. The van der Waals surface area contributed by atoms with Crippen LogP contribution in [0.4, 0.5) is 0 Å². The first kappa shape index (κ1) is 7.53. The highest BCUT2D eigenvalue weighted by atomic mass is 16.5. The van der Waals surface area contributed by atoms with Crippen molar-refractivity contribution in [3.05, 3.63) is 0 Å². The molecule has 0 aromatic carbocycles. The summed E-state index contributed by atoms with van der Waals surface area (Å²) in [5, 5.41) is 9.08. The summed E-state index contributed by atoms with van der Waals surface area (Å²) in [5.74, 6) is 0. The first-order chi connectivity index (χ1) is 5.18. The smallest absolute Gasteiger partial charge is 0.0914 e. The summed E-state index contributed by atoms with van der Waals surface area (Å²) in [4.78, 5) is 0. The molecule has 3 rings (SSSR count). The van der Waals surface area contributed by atoms with E-state index in [1.807, 2.05) is 0 Å². The number of fused-ring (bicyclic) bond motifs is 3. The molecule has 3 nitrogen and oxygen atoms in total. The van der Waals surface area contributed by atoms with E-state index >= 15 is 0 Å². The molecule has 3 aliphatic rings. The molecule has 2 bridgehead atoms. The lowest BCUT2D eigenvalue weighted by Gasteiger charge is -2.50. The van der Waals surface area contributed by atoms with Gasteiger partial charge in [-0.1, -0.05) is 0 Å². The second-order valence-corrected chi connectivity index (χ2v) is 3.99. The van der Waals surface area contributed by atoms with Gasteiger partial charge in [-0.25, -0.2) is 0 Å². The second-order valence-electron chi connectivity index (χ2n) is 3.99. The van der Waals surface area contributed by atoms with Gasteiger partial charge in [-0.15, -0.1) is 0 Å². The molecule has 0 aromatic rings. The molecule has 1 aliphatic carbocycles. The standard InChI is InChI=1S/C8H15NO2/c9-7-1-3-8(5-10,4-2-7)11-6-7/h10H,1-6,9H2. The molecule has 0 atom stereocenters. The highest BCUT2D eigenvalue weighted by Crippen LogP contribution is 2.41. The Morgan fingerprint density at radius 2 is 1.91 bits per heavy atom. The van der Waals surface area contributed by atoms with E-state index in [9.17, 15) is 0 Å². The lowest BCUT2D eigenvalue weighted by atomic mass is 9.72. The minimum Gasteiger partial charge on any atom is -0.393 e. The molecule has 64 valence electrons. The molecule has 3 N–H and O–H groups in total. The molecule has 0 radical (unpaired) electrons. The first-order valence-corrected chi connectivity index (χ1v) is 4.22. The van der Waals surface area contributed by atoms with Crippen LogP contribution in [0.15, 0.2) is 0 Å². The summed E-state index contributed by atoms with van der Waals surface area (Å²) in [5.41, 5.74) is 5.71. The van der Waals surface area contributed by atoms with Crippen molar-refractivity contribution in [3.63, 3.8) is 0 Å². The van der Waals surface area contributed by atoms with Crippen molar-refractivity contribution in [2.45, 2.75) is 36.8 Å². The van der Waals surface area contributed by atoms with Crippen LogP contribution < -0.4 is 5.73 Å². The number of aliphatic hydroxyl groups is 1. The van der Waals surface area contributed by atoms with E-state index in [4.69, 9.17) is 15.6 Å². The maximum Gasteiger partial charge on any atom is 0.0914 e. The SMILES string of the molecule is NC12CCC(CO)(CC1)OC2. The van der Waals surface area contributed by atoms with Crippen LogP contribution >= 0.6 is 0 Å². The van der Waals surface area contributed by atoms with Gasteiger partial charge >= 0.3 is 0 Å². The summed E-state index contributed by atoms with van der Waals surface area (Å²) in [6, 6.07) is 0. The molecule has 2 heterocycles. The summed E-state index contributed by atoms with van der Waals surface area (Å²) < 4.78 is 5.54. The number of aliphatic hydroxyl groups excluding tert-OH is 1. The molecule has 2 aliphatic heterocycles. The van der Waals surface area contributed by atoms with Crippen molar-refractivity contribution in [1.82, 2.24) is 0 Å². The fraction of sp³-hybridized carbons (Fsp3) is 1.00. The van der Waals surface area contributed by atoms with Crippen molar-refractivity contribution in [2.24, 2.45) is 5.73 Å². The highest BCUT2D eigenvalue weighted by molar-refractivity contribution is 5.02. The average Bonchev–Trinajstić information content (AvgIpc) is 2.07. The van der Waals surface area contributed by atoms with Crippen LogP contribution in [0.5, 0.6) is 0 Å². The topological polar surface area (TPSA) is 55.5 Å². The molecule has 0 amide bonds. The van der Waals surface area contributed by atoms with Gasteiger partial charge in [-0.3, -0.25) is 0 Å². The summed E-state index contributed by atoms with van der Waals surface area (Å²) in [6.45, 7) is 0.788.